The molecule has 0 aliphatic carbocycles. The lowest BCUT2D eigenvalue weighted by molar-refractivity contribution is -0.0184. The summed E-state index contributed by atoms with van der Waals surface area (Å²) in [6.07, 6.45) is -3.22. The highest BCUT2D eigenvalue weighted by Crippen LogP contribution is 2.21. The minimum atomic E-state index is -1.03. The Kier molecular flexibility index (Phi) is 4.19. The summed E-state index contributed by atoms with van der Waals surface area (Å²) in [5, 5.41) is 31.5. The third-order valence-corrected chi connectivity index (χ3v) is 3.20. The molecule has 5 nitrogen and oxygen atoms in total. The van der Waals surface area contributed by atoms with Gasteiger partial charge in [0.2, 0.25) is 0 Å². The first kappa shape index (κ1) is 13.3. The summed E-state index contributed by atoms with van der Waals surface area (Å²) >= 11 is 0. The normalized spacial score (nSPS) is 31.6. The lowest BCUT2D eigenvalue weighted by Crippen LogP contribution is -2.36. The molecule has 1 aromatic carbocycles. The predicted octanol–water partition coefficient (Wildman–Crippen LogP) is -0.112. The molecule has 100 valence electrons. The number of ether oxygens (including phenoxy) is 1. The van der Waals surface area contributed by atoms with Gasteiger partial charge in [0, 0.05) is 12.2 Å². The minimum Gasteiger partial charge on any atom is -0.394 e. The summed E-state index contributed by atoms with van der Waals surface area (Å²) < 4.78 is 5.37. The van der Waals surface area contributed by atoms with Crippen LogP contribution in [0.3, 0.4) is 0 Å². The van der Waals surface area contributed by atoms with Gasteiger partial charge in [0.1, 0.15) is 24.4 Å². The topological polar surface area (TPSA) is 82.0 Å². The molecule has 1 saturated heterocycles. The quantitative estimate of drug-likeness (QED) is 0.602. The highest BCUT2D eigenvalue weighted by Gasteiger charge is 2.41. The van der Waals surface area contributed by atoms with Crippen molar-refractivity contribution in [3.63, 3.8) is 0 Å². The van der Waals surface area contributed by atoms with Crippen molar-refractivity contribution in [2.45, 2.75) is 31.3 Å². The van der Waals surface area contributed by atoms with E-state index in [0.717, 1.165) is 5.69 Å². The number of benzene rings is 1. The van der Waals surface area contributed by atoms with Crippen LogP contribution in [0.2, 0.25) is 0 Å². The van der Waals surface area contributed by atoms with Gasteiger partial charge >= 0.3 is 0 Å². The molecule has 1 fully saturated rings. The van der Waals surface area contributed by atoms with Crippen molar-refractivity contribution in [2.75, 3.05) is 18.5 Å². The molecular formula is C13H19NO4. The van der Waals surface area contributed by atoms with Crippen molar-refractivity contribution in [1.82, 2.24) is 0 Å². The van der Waals surface area contributed by atoms with E-state index in [4.69, 9.17) is 9.84 Å². The smallest absolute Gasteiger partial charge is 0.111 e. The number of aliphatic hydroxyl groups is 3. The van der Waals surface area contributed by atoms with Crippen LogP contribution in [0.5, 0.6) is 0 Å². The zero-order chi connectivity index (χ0) is 13.1. The molecule has 1 aliphatic heterocycles. The molecule has 2 rings (SSSR count). The van der Waals surface area contributed by atoms with E-state index < -0.39 is 24.4 Å². The molecule has 1 aromatic rings. The first-order chi connectivity index (χ1) is 8.61. The number of aliphatic hydroxyl groups excluding tert-OH is 3. The Balaban J connectivity index is 1.89. The lowest BCUT2D eigenvalue weighted by Gasteiger charge is -2.16. The molecular weight excluding hydrogens is 234 g/mol. The van der Waals surface area contributed by atoms with Crippen LogP contribution in [0.4, 0.5) is 5.69 Å². The van der Waals surface area contributed by atoms with Gasteiger partial charge in [-0.15, -0.1) is 0 Å². The number of anilines is 1. The molecule has 0 radical (unpaired) electrons. The predicted molar refractivity (Wildman–Crippen MR) is 67.4 cm³/mol. The molecule has 0 aromatic heterocycles. The standard InChI is InChI=1S/C13H19NO4/c1-8-2-4-9(5-3-8)14-6-10-12(16)13(17)11(7-15)18-10/h2-5,10-17H,6-7H2,1H3/t10-,11-,12+,13+/m0/s1. The fraction of sp³-hybridized carbons (Fsp3) is 0.538. The summed E-state index contributed by atoms with van der Waals surface area (Å²) in [6.45, 7) is 2.10. The number of hydrogen-bond donors (Lipinski definition) is 4. The highest BCUT2D eigenvalue weighted by atomic mass is 16.6. The van der Waals surface area contributed by atoms with Gasteiger partial charge in [-0.2, -0.15) is 0 Å². The second-order valence-corrected chi connectivity index (χ2v) is 4.62. The Morgan fingerprint density at radius 3 is 2.28 bits per heavy atom. The Labute approximate surface area is 106 Å². The third kappa shape index (κ3) is 2.81. The van der Waals surface area contributed by atoms with Gasteiger partial charge in [0.25, 0.3) is 0 Å². The first-order valence-corrected chi connectivity index (χ1v) is 6.05. The molecule has 0 spiro atoms. The van der Waals surface area contributed by atoms with E-state index in [2.05, 4.69) is 5.32 Å². The second kappa shape index (κ2) is 5.67. The molecule has 5 heteroatoms. The number of nitrogens with one attached hydrogen (secondary N) is 1. The van der Waals surface area contributed by atoms with Crippen LogP contribution in [0, 0.1) is 6.92 Å². The molecule has 0 unspecified atom stereocenters. The van der Waals surface area contributed by atoms with Crippen molar-refractivity contribution in [3.8, 4) is 0 Å². The van der Waals surface area contributed by atoms with E-state index in [9.17, 15) is 10.2 Å². The Morgan fingerprint density at radius 2 is 1.72 bits per heavy atom. The van der Waals surface area contributed by atoms with Gasteiger partial charge in [0.15, 0.2) is 0 Å². The zero-order valence-corrected chi connectivity index (χ0v) is 10.3. The zero-order valence-electron chi connectivity index (χ0n) is 10.3. The molecule has 1 heterocycles. The summed E-state index contributed by atoms with van der Waals surface area (Å²) in [6, 6.07) is 7.85. The number of aryl methyl sites for hydroxylation is 1. The molecule has 4 N–H and O–H groups in total. The van der Waals surface area contributed by atoms with Gasteiger partial charge in [-0.05, 0) is 19.1 Å². The molecule has 0 bridgehead atoms. The Morgan fingerprint density at radius 1 is 1.11 bits per heavy atom. The van der Waals surface area contributed by atoms with Crippen molar-refractivity contribution in [1.29, 1.82) is 0 Å². The Hall–Kier alpha value is -1.14. The lowest BCUT2D eigenvalue weighted by atomic mass is 10.1. The van der Waals surface area contributed by atoms with Crippen molar-refractivity contribution in [3.05, 3.63) is 29.8 Å². The van der Waals surface area contributed by atoms with E-state index in [-0.39, 0.29) is 6.61 Å². The van der Waals surface area contributed by atoms with Crippen LogP contribution in [0.1, 0.15) is 5.56 Å². The average molecular weight is 253 g/mol. The maximum atomic E-state index is 9.76. The molecule has 1 aliphatic rings. The van der Waals surface area contributed by atoms with Crippen molar-refractivity contribution < 1.29 is 20.1 Å². The van der Waals surface area contributed by atoms with Crippen molar-refractivity contribution >= 4 is 5.69 Å². The first-order valence-electron chi connectivity index (χ1n) is 6.05. The fourth-order valence-electron chi connectivity index (χ4n) is 2.04. The molecule has 18 heavy (non-hydrogen) atoms. The van der Waals surface area contributed by atoms with Crippen LogP contribution >= 0.6 is 0 Å². The highest BCUT2D eigenvalue weighted by molar-refractivity contribution is 5.44. The summed E-state index contributed by atoms with van der Waals surface area (Å²) in [5.41, 5.74) is 2.10. The van der Waals surface area contributed by atoms with Crippen LogP contribution in [0.15, 0.2) is 24.3 Å². The fourth-order valence-corrected chi connectivity index (χ4v) is 2.04. The van der Waals surface area contributed by atoms with Gasteiger partial charge < -0.3 is 25.4 Å². The number of hydrogen-bond acceptors (Lipinski definition) is 5. The van der Waals surface area contributed by atoms with E-state index in [1.54, 1.807) is 0 Å². The van der Waals surface area contributed by atoms with Gasteiger partial charge in [-0.3, -0.25) is 0 Å². The maximum Gasteiger partial charge on any atom is 0.111 e. The second-order valence-electron chi connectivity index (χ2n) is 4.62. The SMILES string of the molecule is Cc1ccc(NC[C@@H]2O[C@@H](CO)[C@@H](O)[C@@H]2O)cc1. The number of rotatable bonds is 4. The monoisotopic (exact) mass is 253 g/mol. The largest absolute Gasteiger partial charge is 0.394 e. The van der Waals surface area contributed by atoms with Crippen LogP contribution < -0.4 is 5.32 Å². The van der Waals surface area contributed by atoms with Crippen LogP contribution in [-0.4, -0.2) is 52.9 Å². The molecule has 4 atom stereocenters. The van der Waals surface area contributed by atoms with Crippen LogP contribution in [-0.2, 0) is 4.74 Å². The van der Waals surface area contributed by atoms with Gasteiger partial charge in [-0.1, -0.05) is 17.7 Å². The third-order valence-electron chi connectivity index (χ3n) is 3.20. The van der Waals surface area contributed by atoms with E-state index >= 15 is 0 Å². The average Bonchev–Trinajstić information content (AvgIpc) is 2.65. The summed E-state index contributed by atoms with van der Waals surface area (Å²) in [5.74, 6) is 0. The summed E-state index contributed by atoms with van der Waals surface area (Å²) in [4.78, 5) is 0. The summed E-state index contributed by atoms with van der Waals surface area (Å²) in [7, 11) is 0. The van der Waals surface area contributed by atoms with E-state index in [1.807, 2.05) is 31.2 Å². The molecule has 0 saturated carbocycles. The van der Waals surface area contributed by atoms with Gasteiger partial charge in [-0.25, -0.2) is 0 Å². The van der Waals surface area contributed by atoms with E-state index in [1.165, 1.54) is 5.56 Å². The van der Waals surface area contributed by atoms with Gasteiger partial charge in [0.05, 0.1) is 6.61 Å². The van der Waals surface area contributed by atoms with E-state index in [0.29, 0.717) is 6.54 Å². The minimum absolute atomic E-state index is 0.292. The molecule has 0 amide bonds. The van der Waals surface area contributed by atoms with Crippen LogP contribution in [0.25, 0.3) is 0 Å². The van der Waals surface area contributed by atoms with Crippen molar-refractivity contribution in [2.24, 2.45) is 0 Å². The Bertz CT molecular complexity index is 381. The maximum absolute atomic E-state index is 9.76.